The van der Waals surface area contributed by atoms with Crippen LogP contribution in [0.3, 0.4) is 0 Å². The second-order valence-electron chi connectivity index (χ2n) is 4.55. The molecule has 1 aromatic carbocycles. The van der Waals surface area contributed by atoms with E-state index in [0.29, 0.717) is 12.1 Å². The Labute approximate surface area is 97.0 Å². The summed E-state index contributed by atoms with van der Waals surface area (Å²) in [5.74, 6) is 0. The molecule has 0 aliphatic heterocycles. The largest absolute Gasteiger partial charge is 0.397 e. The highest BCUT2D eigenvalue weighted by molar-refractivity contribution is 5.67. The summed E-state index contributed by atoms with van der Waals surface area (Å²) in [4.78, 5) is 0. The van der Waals surface area contributed by atoms with Crippen molar-refractivity contribution in [2.24, 2.45) is 0 Å². The first-order valence-electron chi connectivity index (χ1n) is 5.86. The number of hydrogen-bond donors (Lipinski definition) is 2. The Morgan fingerprint density at radius 2 is 2.19 bits per heavy atom. The number of nitrogen functional groups attached to an aromatic ring is 1. The van der Waals surface area contributed by atoms with Gasteiger partial charge in [-0.2, -0.15) is 0 Å². The zero-order chi connectivity index (χ0) is 11.5. The molecule has 1 aliphatic carbocycles. The molecule has 1 fully saturated rings. The van der Waals surface area contributed by atoms with Crippen LogP contribution in [0.25, 0.3) is 0 Å². The van der Waals surface area contributed by atoms with Gasteiger partial charge < -0.3 is 15.8 Å². The van der Waals surface area contributed by atoms with E-state index in [9.17, 15) is 0 Å². The van der Waals surface area contributed by atoms with Crippen molar-refractivity contribution in [3.8, 4) is 0 Å². The fourth-order valence-electron chi connectivity index (χ4n) is 2.39. The third kappa shape index (κ3) is 2.30. The smallest absolute Gasteiger partial charge is 0.0772 e. The molecule has 3 N–H and O–H groups in total. The molecule has 2 atom stereocenters. The Kier molecular flexibility index (Phi) is 3.34. The van der Waals surface area contributed by atoms with Crippen LogP contribution in [0.5, 0.6) is 0 Å². The van der Waals surface area contributed by atoms with E-state index in [4.69, 9.17) is 10.5 Å². The summed E-state index contributed by atoms with van der Waals surface area (Å²) in [5, 5.41) is 3.49. The number of hydrogen-bond acceptors (Lipinski definition) is 3. The average molecular weight is 220 g/mol. The summed E-state index contributed by atoms with van der Waals surface area (Å²) < 4.78 is 5.46. The maximum absolute atomic E-state index is 5.98. The van der Waals surface area contributed by atoms with Crippen molar-refractivity contribution in [3.63, 3.8) is 0 Å². The molecule has 0 aromatic heterocycles. The Morgan fingerprint density at radius 1 is 1.38 bits per heavy atom. The van der Waals surface area contributed by atoms with Gasteiger partial charge in [0.2, 0.25) is 0 Å². The topological polar surface area (TPSA) is 47.3 Å². The molecule has 2 unspecified atom stereocenters. The highest BCUT2D eigenvalue weighted by Gasteiger charge is 2.27. The summed E-state index contributed by atoms with van der Waals surface area (Å²) in [5.41, 5.74) is 9.02. The lowest BCUT2D eigenvalue weighted by Gasteiger charge is -2.21. The molecule has 1 aromatic rings. The summed E-state index contributed by atoms with van der Waals surface area (Å²) in [6, 6.07) is 6.53. The van der Waals surface area contributed by atoms with Gasteiger partial charge in [-0.15, -0.1) is 0 Å². The molecule has 0 radical (unpaired) electrons. The second-order valence-corrected chi connectivity index (χ2v) is 4.55. The number of benzene rings is 1. The van der Waals surface area contributed by atoms with Crippen LogP contribution < -0.4 is 11.1 Å². The minimum Gasteiger partial charge on any atom is -0.397 e. The van der Waals surface area contributed by atoms with E-state index in [1.54, 1.807) is 7.11 Å². The van der Waals surface area contributed by atoms with E-state index >= 15 is 0 Å². The van der Waals surface area contributed by atoms with Gasteiger partial charge in [0, 0.05) is 7.11 Å². The van der Waals surface area contributed by atoms with Crippen LogP contribution in [0.15, 0.2) is 18.2 Å². The number of nitrogens with one attached hydrogen (secondary N) is 1. The number of aryl methyl sites for hydroxylation is 1. The first-order valence-corrected chi connectivity index (χ1v) is 5.86. The molecule has 1 saturated carbocycles. The lowest BCUT2D eigenvalue weighted by molar-refractivity contribution is 0.101. The molecule has 3 nitrogen and oxygen atoms in total. The number of ether oxygens (including phenoxy) is 1. The predicted octanol–water partition coefficient (Wildman–Crippen LogP) is 2.56. The predicted molar refractivity (Wildman–Crippen MR) is 67.7 cm³/mol. The maximum Gasteiger partial charge on any atom is 0.0772 e. The molecule has 0 bridgehead atoms. The fraction of sp³-hybridized carbons (Fsp3) is 0.538. The van der Waals surface area contributed by atoms with Crippen LogP contribution in [0.2, 0.25) is 0 Å². The van der Waals surface area contributed by atoms with Crippen molar-refractivity contribution in [3.05, 3.63) is 23.8 Å². The second kappa shape index (κ2) is 4.74. The lowest BCUT2D eigenvalue weighted by Crippen LogP contribution is -2.30. The van der Waals surface area contributed by atoms with Crippen LogP contribution in [0, 0.1) is 6.92 Å². The van der Waals surface area contributed by atoms with Crippen LogP contribution in [0.4, 0.5) is 11.4 Å². The fourth-order valence-corrected chi connectivity index (χ4v) is 2.39. The third-order valence-electron chi connectivity index (χ3n) is 3.30. The quantitative estimate of drug-likeness (QED) is 0.770. The maximum atomic E-state index is 5.98. The average Bonchev–Trinajstić information content (AvgIpc) is 2.69. The minimum absolute atomic E-state index is 0.320. The SMILES string of the molecule is COC1CCCC1Nc1ccc(C)cc1N. The third-order valence-corrected chi connectivity index (χ3v) is 3.30. The molecule has 0 heterocycles. The van der Waals surface area contributed by atoms with Gasteiger partial charge in [0.25, 0.3) is 0 Å². The van der Waals surface area contributed by atoms with Gasteiger partial charge in [0.1, 0.15) is 0 Å². The van der Waals surface area contributed by atoms with E-state index in [1.807, 2.05) is 13.0 Å². The Hall–Kier alpha value is -1.22. The molecule has 0 amide bonds. The van der Waals surface area contributed by atoms with Crippen LogP contribution in [-0.4, -0.2) is 19.3 Å². The van der Waals surface area contributed by atoms with Crippen LogP contribution in [-0.2, 0) is 4.74 Å². The van der Waals surface area contributed by atoms with Crippen LogP contribution >= 0.6 is 0 Å². The van der Waals surface area contributed by atoms with Crippen LogP contribution in [0.1, 0.15) is 24.8 Å². The number of nitrogens with two attached hydrogens (primary N) is 1. The van der Waals surface area contributed by atoms with E-state index in [2.05, 4.69) is 17.4 Å². The summed E-state index contributed by atoms with van der Waals surface area (Å²) >= 11 is 0. The Bertz CT molecular complexity index is 365. The Balaban J connectivity index is 2.08. The van der Waals surface area contributed by atoms with E-state index in [-0.39, 0.29) is 0 Å². The van der Waals surface area contributed by atoms with E-state index in [0.717, 1.165) is 24.2 Å². The molecule has 16 heavy (non-hydrogen) atoms. The molecule has 0 saturated heterocycles. The monoisotopic (exact) mass is 220 g/mol. The molecule has 3 heteroatoms. The van der Waals surface area contributed by atoms with Gasteiger partial charge in [-0.1, -0.05) is 6.07 Å². The first kappa shape index (κ1) is 11.3. The van der Waals surface area contributed by atoms with E-state index in [1.165, 1.54) is 12.0 Å². The van der Waals surface area contributed by atoms with E-state index < -0.39 is 0 Å². The first-order chi connectivity index (χ1) is 7.70. The number of rotatable bonds is 3. The van der Waals surface area contributed by atoms with Crippen molar-refractivity contribution in [1.29, 1.82) is 0 Å². The van der Waals surface area contributed by atoms with Gasteiger partial charge >= 0.3 is 0 Å². The summed E-state index contributed by atoms with van der Waals surface area (Å²) in [6.45, 7) is 2.05. The van der Waals surface area contributed by atoms with Crippen molar-refractivity contribution >= 4 is 11.4 Å². The molecule has 0 spiro atoms. The number of anilines is 2. The summed E-state index contributed by atoms with van der Waals surface area (Å²) in [6.07, 6.45) is 3.84. The molecular formula is C13H20N2O. The highest BCUT2D eigenvalue weighted by Crippen LogP contribution is 2.28. The molecule has 2 rings (SSSR count). The van der Waals surface area contributed by atoms with Crippen molar-refractivity contribution < 1.29 is 4.74 Å². The van der Waals surface area contributed by atoms with Gasteiger partial charge in [-0.3, -0.25) is 0 Å². The van der Waals surface area contributed by atoms with Gasteiger partial charge in [-0.25, -0.2) is 0 Å². The molecular weight excluding hydrogens is 200 g/mol. The molecule has 1 aliphatic rings. The van der Waals surface area contributed by atoms with Crippen molar-refractivity contribution in [2.45, 2.75) is 38.3 Å². The van der Waals surface area contributed by atoms with Gasteiger partial charge in [0.15, 0.2) is 0 Å². The highest BCUT2D eigenvalue weighted by atomic mass is 16.5. The minimum atomic E-state index is 0.320. The summed E-state index contributed by atoms with van der Waals surface area (Å²) in [7, 11) is 1.78. The van der Waals surface area contributed by atoms with Gasteiger partial charge in [0.05, 0.1) is 23.5 Å². The van der Waals surface area contributed by atoms with Crippen molar-refractivity contribution in [2.75, 3.05) is 18.2 Å². The van der Waals surface area contributed by atoms with Gasteiger partial charge in [-0.05, 0) is 43.9 Å². The molecule has 88 valence electrons. The zero-order valence-electron chi connectivity index (χ0n) is 9.99. The Morgan fingerprint density at radius 3 is 2.88 bits per heavy atom. The number of methoxy groups -OCH3 is 1. The normalized spacial score (nSPS) is 24.6. The standard InChI is InChI=1S/C13H20N2O/c1-9-6-7-11(10(14)8-9)15-12-4-3-5-13(12)16-2/h6-8,12-13,15H,3-5,14H2,1-2H3. The zero-order valence-corrected chi connectivity index (χ0v) is 9.99. The van der Waals surface area contributed by atoms with Crippen molar-refractivity contribution in [1.82, 2.24) is 0 Å². The lowest BCUT2D eigenvalue weighted by atomic mass is 10.1.